The minimum atomic E-state index is -4.39. The second kappa shape index (κ2) is 7.60. The van der Waals surface area contributed by atoms with Gasteiger partial charge in [-0.3, -0.25) is 4.99 Å². The molecule has 2 aromatic rings. The van der Waals surface area contributed by atoms with Crippen molar-refractivity contribution in [2.75, 3.05) is 13.6 Å². The van der Waals surface area contributed by atoms with Crippen LogP contribution in [0.3, 0.4) is 0 Å². The molecule has 0 aliphatic carbocycles. The van der Waals surface area contributed by atoms with E-state index in [0.717, 1.165) is 28.4 Å². The van der Waals surface area contributed by atoms with Gasteiger partial charge in [0.1, 0.15) is 5.82 Å². The van der Waals surface area contributed by atoms with E-state index < -0.39 is 11.9 Å². The monoisotopic (exact) mass is 361 g/mol. The number of aromatic nitrogens is 4. The van der Waals surface area contributed by atoms with Gasteiger partial charge in [0.15, 0.2) is 17.5 Å². The number of nitrogens with one attached hydrogen (secondary N) is 2. The quantitative estimate of drug-likeness (QED) is 0.623. The largest absolute Gasteiger partial charge is 0.434 e. The topological polar surface area (TPSA) is 80.0 Å². The first-order valence-corrected chi connectivity index (χ1v) is 8.00. The predicted octanol–water partition coefficient (Wildman–Crippen LogP) is 1.51. The number of rotatable bonds is 5. The average Bonchev–Trinajstić information content (AvgIpc) is 3.12. The van der Waals surface area contributed by atoms with Crippen LogP contribution in [-0.2, 0) is 26.2 Å². The Morgan fingerprint density at radius 1 is 1.33 bits per heavy atom. The van der Waals surface area contributed by atoms with E-state index in [4.69, 9.17) is 0 Å². The van der Waals surface area contributed by atoms with Gasteiger partial charge in [-0.1, -0.05) is 0 Å². The molecule has 0 unspecified atom stereocenters. The van der Waals surface area contributed by atoms with Crippen LogP contribution in [0.4, 0.5) is 13.2 Å². The number of nitrogens with zero attached hydrogens (tertiary/aromatic N) is 5. The second-order valence-electron chi connectivity index (χ2n) is 4.95. The second-order valence-corrected chi connectivity index (χ2v) is 5.89. The highest BCUT2D eigenvalue weighted by Gasteiger charge is 2.33. The Hall–Kier alpha value is -2.17. The summed E-state index contributed by atoms with van der Waals surface area (Å²) in [6.45, 7) is 2.71. The normalized spacial score (nSPS) is 12.5. The van der Waals surface area contributed by atoms with E-state index in [-0.39, 0.29) is 0 Å². The Balaban J connectivity index is 1.79. The molecule has 0 fully saturated rings. The van der Waals surface area contributed by atoms with Crippen LogP contribution in [0.25, 0.3) is 0 Å². The van der Waals surface area contributed by atoms with Gasteiger partial charge in [0.2, 0.25) is 0 Å². The van der Waals surface area contributed by atoms with Crippen LogP contribution >= 0.6 is 11.3 Å². The van der Waals surface area contributed by atoms with Gasteiger partial charge in [-0.15, -0.1) is 21.5 Å². The molecular weight excluding hydrogens is 343 g/mol. The molecule has 7 nitrogen and oxygen atoms in total. The molecule has 0 aromatic carbocycles. The molecule has 132 valence electrons. The molecule has 11 heteroatoms. The minimum Gasteiger partial charge on any atom is -0.356 e. The van der Waals surface area contributed by atoms with Crippen molar-refractivity contribution in [3.8, 4) is 0 Å². The average molecular weight is 361 g/mol. The van der Waals surface area contributed by atoms with Crippen molar-refractivity contribution in [1.82, 2.24) is 30.4 Å². The summed E-state index contributed by atoms with van der Waals surface area (Å²) in [5.41, 5.74) is -0.845. The molecule has 2 N–H and O–H groups in total. The van der Waals surface area contributed by atoms with Gasteiger partial charge in [-0.2, -0.15) is 13.2 Å². The van der Waals surface area contributed by atoms with E-state index in [2.05, 4.69) is 30.8 Å². The van der Waals surface area contributed by atoms with Crippen LogP contribution in [0, 0.1) is 6.92 Å². The number of aliphatic imine (C=N–C) groups is 1. The lowest BCUT2D eigenvalue weighted by Crippen LogP contribution is -2.38. The summed E-state index contributed by atoms with van der Waals surface area (Å²) >= 11 is 0.998. The molecule has 0 aliphatic heterocycles. The predicted molar refractivity (Wildman–Crippen MR) is 84.8 cm³/mol. The Bertz CT molecular complexity index is 705. The van der Waals surface area contributed by atoms with Crippen molar-refractivity contribution in [2.24, 2.45) is 12.0 Å². The van der Waals surface area contributed by atoms with Gasteiger partial charge in [-0.05, 0) is 6.92 Å². The van der Waals surface area contributed by atoms with Gasteiger partial charge in [0.05, 0.1) is 11.6 Å². The van der Waals surface area contributed by atoms with E-state index in [9.17, 15) is 13.2 Å². The van der Waals surface area contributed by atoms with Gasteiger partial charge < -0.3 is 15.2 Å². The van der Waals surface area contributed by atoms with E-state index in [0.29, 0.717) is 30.5 Å². The molecule has 2 aromatic heterocycles. The third-order valence-electron chi connectivity index (χ3n) is 3.29. The van der Waals surface area contributed by atoms with E-state index in [1.54, 1.807) is 7.05 Å². The van der Waals surface area contributed by atoms with Crippen LogP contribution in [0.15, 0.2) is 10.4 Å². The zero-order chi connectivity index (χ0) is 17.7. The molecule has 0 aliphatic rings. The van der Waals surface area contributed by atoms with Crippen LogP contribution in [-0.4, -0.2) is 39.3 Å². The molecule has 0 saturated carbocycles. The third kappa shape index (κ3) is 4.66. The lowest BCUT2D eigenvalue weighted by Gasteiger charge is -2.11. The van der Waals surface area contributed by atoms with E-state index in [1.165, 1.54) is 0 Å². The standard InChI is InChI=1S/C13H18F3N7S/c1-8-21-22-10(23(8)3)6-19-12(17-2)18-5-4-11-20-9(7-24-11)13(14,15)16/h7H,4-6H2,1-3H3,(H2,17,18,19). The fourth-order valence-electron chi connectivity index (χ4n) is 1.83. The molecule has 24 heavy (non-hydrogen) atoms. The molecule has 0 spiro atoms. The molecule has 0 radical (unpaired) electrons. The van der Waals surface area contributed by atoms with Crippen molar-refractivity contribution >= 4 is 17.3 Å². The smallest absolute Gasteiger partial charge is 0.356 e. The highest BCUT2D eigenvalue weighted by atomic mass is 32.1. The summed E-state index contributed by atoms with van der Waals surface area (Å²) in [6, 6.07) is 0. The summed E-state index contributed by atoms with van der Waals surface area (Å²) in [5, 5.41) is 15.5. The summed E-state index contributed by atoms with van der Waals surface area (Å²) in [7, 11) is 3.48. The van der Waals surface area contributed by atoms with Crippen molar-refractivity contribution in [3.05, 3.63) is 27.7 Å². The Morgan fingerprint density at radius 2 is 2.08 bits per heavy atom. The number of hydrogen-bond donors (Lipinski definition) is 2. The van der Waals surface area contributed by atoms with Gasteiger partial charge in [0.25, 0.3) is 0 Å². The summed E-state index contributed by atoms with van der Waals surface area (Å²) in [6.07, 6.45) is -4.02. The van der Waals surface area contributed by atoms with Crippen LogP contribution in [0.1, 0.15) is 22.4 Å². The molecule has 0 saturated heterocycles. The van der Waals surface area contributed by atoms with Crippen molar-refractivity contribution in [3.63, 3.8) is 0 Å². The molecule has 0 amide bonds. The third-order valence-corrected chi connectivity index (χ3v) is 4.20. The number of alkyl halides is 3. The first-order valence-electron chi connectivity index (χ1n) is 7.12. The number of thiazole rings is 1. The number of hydrogen-bond acceptors (Lipinski definition) is 5. The maximum absolute atomic E-state index is 12.5. The highest BCUT2D eigenvalue weighted by molar-refractivity contribution is 7.09. The van der Waals surface area contributed by atoms with Crippen molar-refractivity contribution < 1.29 is 13.2 Å². The summed E-state index contributed by atoms with van der Waals surface area (Å²) in [4.78, 5) is 7.64. The number of aryl methyl sites for hydroxylation is 1. The van der Waals surface area contributed by atoms with E-state index >= 15 is 0 Å². The zero-order valence-electron chi connectivity index (χ0n) is 13.5. The SMILES string of the molecule is CN=C(NCCc1nc(C(F)(F)F)cs1)NCc1nnc(C)n1C. The Labute approximate surface area is 141 Å². The van der Waals surface area contributed by atoms with E-state index in [1.807, 2.05) is 18.5 Å². The molecular formula is C13H18F3N7S. The van der Waals surface area contributed by atoms with Gasteiger partial charge >= 0.3 is 6.18 Å². The van der Waals surface area contributed by atoms with Gasteiger partial charge in [0, 0.05) is 32.4 Å². The number of guanidine groups is 1. The van der Waals surface area contributed by atoms with Crippen LogP contribution in [0.2, 0.25) is 0 Å². The maximum atomic E-state index is 12.5. The lowest BCUT2D eigenvalue weighted by atomic mass is 10.4. The Kier molecular flexibility index (Phi) is 5.75. The van der Waals surface area contributed by atoms with Crippen LogP contribution < -0.4 is 10.6 Å². The first kappa shape index (κ1) is 18.2. The van der Waals surface area contributed by atoms with Crippen molar-refractivity contribution in [1.29, 1.82) is 0 Å². The molecule has 0 bridgehead atoms. The molecule has 2 rings (SSSR count). The Morgan fingerprint density at radius 3 is 2.62 bits per heavy atom. The van der Waals surface area contributed by atoms with Crippen LogP contribution in [0.5, 0.6) is 0 Å². The fraction of sp³-hybridized carbons (Fsp3) is 0.538. The number of halogens is 3. The zero-order valence-corrected chi connectivity index (χ0v) is 14.3. The maximum Gasteiger partial charge on any atom is 0.434 e. The van der Waals surface area contributed by atoms with Crippen molar-refractivity contribution in [2.45, 2.75) is 26.1 Å². The molecule has 2 heterocycles. The summed E-state index contributed by atoms with van der Waals surface area (Å²) in [5.74, 6) is 2.09. The van der Waals surface area contributed by atoms with Gasteiger partial charge in [-0.25, -0.2) is 4.98 Å². The lowest BCUT2D eigenvalue weighted by molar-refractivity contribution is -0.140. The fourth-order valence-corrected chi connectivity index (χ4v) is 2.64. The molecule has 0 atom stereocenters. The minimum absolute atomic E-state index is 0.379. The summed E-state index contributed by atoms with van der Waals surface area (Å²) < 4.78 is 39.3. The highest BCUT2D eigenvalue weighted by Crippen LogP contribution is 2.29. The first-order chi connectivity index (χ1) is 11.3.